The third-order valence-electron chi connectivity index (χ3n) is 5.01. The first kappa shape index (κ1) is 20.6. The molecule has 29 heavy (non-hydrogen) atoms. The van der Waals surface area contributed by atoms with Gasteiger partial charge >= 0.3 is 0 Å². The van der Waals surface area contributed by atoms with Crippen LogP contribution >= 0.6 is 0 Å². The third-order valence-corrected chi connectivity index (χ3v) is 5.01. The summed E-state index contributed by atoms with van der Waals surface area (Å²) in [4.78, 5) is 21.7. The molecule has 0 atom stereocenters. The van der Waals surface area contributed by atoms with Gasteiger partial charge in [0, 0.05) is 25.7 Å². The topological polar surface area (TPSA) is 36.4 Å². The lowest BCUT2D eigenvalue weighted by Crippen LogP contribution is -2.36. The number of rotatable bonds is 8. The molecule has 1 amide bonds. The van der Waals surface area contributed by atoms with Crippen LogP contribution in [0.2, 0.25) is 0 Å². The summed E-state index contributed by atoms with van der Waals surface area (Å²) in [6.45, 7) is 8.47. The van der Waals surface area contributed by atoms with E-state index in [1.54, 1.807) is 6.20 Å². The third kappa shape index (κ3) is 5.44. The summed E-state index contributed by atoms with van der Waals surface area (Å²) in [6, 6.07) is 24.4. The molecule has 1 aromatic heterocycles. The molecule has 150 valence electrons. The maximum Gasteiger partial charge on any atom is 0.272 e. The lowest BCUT2D eigenvalue weighted by molar-refractivity contribution is 0.0684. The average Bonchev–Trinajstić information content (AvgIpc) is 2.77. The van der Waals surface area contributed by atoms with Gasteiger partial charge in [-0.1, -0.05) is 60.7 Å². The summed E-state index contributed by atoms with van der Waals surface area (Å²) in [5, 5.41) is 0. The van der Waals surface area contributed by atoms with Crippen molar-refractivity contribution in [3.05, 3.63) is 95.8 Å². The first-order valence-corrected chi connectivity index (χ1v) is 10.2. The Morgan fingerprint density at radius 2 is 1.45 bits per heavy atom. The van der Waals surface area contributed by atoms with E-state index in [0.717, 1.165) is 24.3 Å². The van der Waals surface area contributed by atoms with Crippen LogP contribution in [0.15, 0.2) is 79.0 Å². The predicted molar refractivity (Wildman–Crippen MR) is 119 cm³/mol. The number of nitrogens with zero attached hydrogens (tertiary/aromatic N) is 3. The molecular weight excluding hydrogens is 358 g/mol. The molecule has 0 saturated carbocycles. The summed E-state index contributed by atoms with van der Waals surface area (Å²) in [5.41, 5.74) is 3.87. The van der Waals surface area contributed by atoms with Gasteiger partial charge in [-0.2, -0.15) is 0 Å². The monoisotopic (exact) mass is 387 g/mol. The number of carbonyl (C=O) groups excluding carboxylic acids is 1. The van der Waals surface area contributed by atoms with Crippen LogP contribution in [-0.4, -0.2) is 28.4 Å². The van der Waals surface area contributed by atoms with Crippen molar-refractivity contribution in [2.75, 3.05) is 11.4 Å². The number of carbonyl (C=O) groups is 1. The molecule has 0 aliphatic rings. The van der Waals surface area contributed by atoms with Crippen molar-refractivity contribution in [1.29, 1.82) is 0 Å². The summed E-state index contributed by atoms with van der Waals surface area (Å²) in [5.74, 6) is -0.0403. The van der Waals surface area contributed by atoms with E-state index < -0.39 is 0 Å². The van der Waals surface area contributed by atoms with Crippen LogP contribution in [-0.2, 0) is 13.1 Å². The fraction of sp³-hybridized carbons (Fsp3) is 0.280. The van der Waals surface area contributed by atoms with Gasteiger partial charge in [-0.25, -0.2) is 4.98 Å². The van der Waals surface area contributed by atoms with E-state index in [2.05, 4.69) is 41.1 Å². The minimum absolute atomic E-state index is 0.0403. The van der Waals surface area contributed by atoms with Crippen molar-refractivity contribution < 1.29 is 4.79 Å². The van der Waals surface area contributed by atoms with Crippen LogP contribution in [0.5, 0.6) is 0 Å². The van der Waals surface area contributed by atoms with Crippen LogP contribution < -0.4 is 4.90 Å². The van der Waals surface area contributed by atoms with Crippen molar-refractivity contribution in [2.24, 2.45) is 0 Å². The molecule has 3 rings (SSSR count). The summed E-state index contributed by atoms with van der Waals surface area (Å²) in [6.07, 6.45) is 1.81. The Labute approximate surface area is 173 Å². The Bertz CT molecular complexity index is 892. The number of pyridine rings is 1. The van der Waals surface area contributed by atoms with E-state index in [0.29, 0.717) is 12.2 Å². The molecule has 4 nitrogen and oxygen atoms in total. The average molecular weight is 388 g/mol. The molecule has 2 aromatic carbocycles. The molecule has 0 bridgehead atoms. The highest BCUT2D eigenvalue weighted by atomic mass is 16.2. The van der Waals surface area contributed by atoms with Crippen molar-refractivity contribution >= 4 is 11.6 Å². The number of benzene rings is 2. The normalized spacial score (nSPS) is 10.8. The molecule has 3 aromatic rings. The molecule has 0 unspecified atom stereocenters. The zero-order valence-electron chi connectivity index (χ0n) is 17.5. The Balaban J connectivity index is 1.74. The predicted octanol–water partition coefficient (Wildman–Crippen LogP) is 5.16. The maximum atomic E-state index is 13.1. The molecule has 0 spiro atoms. The molecule has 0 aliphatic carbocycles. The van der Waals surface area contributed by atoms with E-state index in [1.165, 1.54) is 5.56 Å². The second-order valence-corrected chi connectivity index (χ2v) is 7.41. The quantitative estimate of drug-likeness (QED) is 0.536. The Kier molecular flexibility index (Phi) is 7.01. The van der Waals surface area contributed by atoms with Crippen molar-refractivity contribution in [2.45, 2.75) is 39.9 Å². The molecule has 1 heterocycles. The minimum Gasteiger partial charge on any atom is -0.366 e. The Morgan fingerprint density at radius 3 is 1.93 bits per heavy atom. The maximum absolute atomic E-state index is 13.1. The van der Waals surface area contributed by atoms with Gasteiger partial charge in [-0.05, 0) is 44.0 Å². The smallest absolute Gasteiger partial charge is 0.272 e. The van der Waals surface area contributed by atoms with Crippen LogP contribution in [0.4, 0.5) is 5.69 Å². The Hall–Kier alpha value is -3.14. The number of aromatic nitrogens is 1. The molecule has 0 fully saturated rings. The Morgan fingerprint density at radius 1 is 0.862 bits per heavy atom. The highest BCUT2D eigenvalue weighted by molar-refractivity contribution is 5.92. The standard InChI is InChI=1S/C25H29N3O/c1-4-27(18-21-11-7-5-8-12-21)23-15-16-24(26-17-23)25(29)28(20(2)3)19-22-13-9-6-10-14-22/h5-17,20H,4,18-19H2,1-3H3. The number of hydrogen-bond acceptors (Lipinski definition) is 3. The van der Waals surface area contributed by atoms with Crippen LogP contribution in [0.3, 0.4) is 0 Å². The summed E-state index contributed by atoms with van der Waals surface area (Å²) >= 11 is 0. The first-order valence-electron chi connectivity index (χ1n) is 10.2. The van der Waals surface area contributed by atoms with Gasteiger partial charge in [0.1, 0.15) is 5.69 Å². The van der Waals surface area contributed by atoms with E-state index in [1.807, 2.05) is 67.3 Å². The number of hydrogen-bond donors (Lipinski definition) is 0. The number of amides is 1. The van der Waals surface area contributed by atoms with Crippen molar-refractivity contribution in [3.63, 3.8) is 0 Å². The van der Waals surface area contributed by atoms with Gasteiger partial charge in [0.15, 0.2) is 0 Å². The van der Waals surface area contributed by atoms with Gasteiger partial charge in [-0.3, -0.25) is 4.79 Å². The highest BCUT2D eigenvalue weighted by Gasteiger charge is 2.20. The zero-order chi connectivity index (χ0) is 20.6. The van der Waals surface area contributed by atoms with Gasteiger partial charge in [0.25, 0.3) is 5.91 Å². The second kappa shape index (κ2) is 9.87. The van der Waals surface area contributed by atoms with Crippen molar-refractivity contribution in [3.8, 4) is 0 Å². The van der Waals surface area contributed by atoms with Crippen LogP contribution in [0.25, 0.3) is 0 Å². The molecule has 0 aliphatic heterocycles. The highest BCUT2D eigenvalue weighted by Crippen LogP contribution is 2.18. The van der Waals surface area contributed by atoms with E-state index in [9.17, 15) is 4.79 Å². The minimum atomic E-state index is -0.0403. The molecule has 0 saturated heterocycles. The second-order valence-electron chi connectivity index (χ2n) is 7.41. The van der Waals surface area contributed by atoms with E-state index >= 15 is 0 Å². The molecule has 0 radical (unpaired) electrons. The summed E-state index contributed by atoms with van der Waals surface area (Å²) < 4.78 is 0. The van der Waals surface area contributed by atoms with Gasteiger partial charge < -0.3 is 9.80 Å². The molecule has 4 heteroatoms. The molecular formula is C25H29N3O. The fourth-order valence-corrected chi connectivity index (χ4v) is 3.31. The summed E-state index contributed by atoms with van der Waals surface area (Å²) in [7, 11) is 0. The lowest BCUT2D eigenvalue weighted by Gasteiger charge is -2.27. The van der Waals surface area contributed by atoms with Gasteiger partial charge in [-0.15, -0.1) is 0 Å². The first-order chi connectivity index (χ1) is 14.1. The largest absolute Gasteiger partial charge is 0.366 e. The van der Waals surface area contributed by atoms with Crippen LogP contribution in [0.1, 0.15) is 42.4 Å². The molecule has 0 N–H and O–H groups in total. The van der Waals surface area contributed by atoms with E-state index in [-0.39, 0.29) is 11.9 Å². The van der Waals surface area contributed by atoms with E-state index in [4.69, 9.17) is 0 Å². The van der Waals surface area contributed by atoms with Crippen molar-refractivity contribution in [1.82, 2.24) is 9.88 Å². The number of anilines is 1. The van der Waals surface area contributed by atoms with Crippen LogP contribution in [0, 0.1) is 0 Å². The zero-order valence-corrected chi connectivity index (χ0v) is 17.5. The lowest BCUT2D eigenvalue weighted by atomic mass is 10.1. The SMILES string of the molecule is CCN(Cc1ccccc1)c1ccc(C(=O)N(Cc2ccccc2)C(C)C)nc1. The van der Waals surface area contributed by atoms with Gasteiger partial charge in [0.05, 0.1) is 11.9 Å². The fourth-order valence-electron chi connectivity index (χ4n) is 3.31. The van der Waals surface area contributed by atoms with Gasteiger partial charge in [0.2, 0.25) is 0 Å².